The van der Waals surface area contributed by atoms with Gasteiger partial charge in [0, 0.05) is 18.1 Å². The highest BCUT2D eigenvalue weighted by molar-refractivity contribution is 5.51. The van der Waals surface area contributed by atoms with Gasteiger partial charge in [0.25, 0.3) is 5.92 Å². The first-order chi connectivity index (χ1) is 8.52. The number of fused-ring (bicyclic) bond motifs is 1. The van der Waals surface area contributed by atoms with Gasteiger partial charge >= 0.3 is 0 Å². The Morgan fingerprint density at radius 2 is 2.11 bits per heavy atom. The highest BCUT2D eigenvalue weighted by Crippen LogP contribution is 2.40. The van der Waals surface area contributed by atoms with Crippen LogP contribution in [0.25, 0.3) is 0 Å². The van der Waals surface area contributed by atoms with Gasteiger partial charge in [-0.2, -0.15) is 0 Å². The summed E-state index contributed by atoms with van der Waals surface area (Å²) in [7, 11) is 0. The lowest BCUT2D eigenvalue weighted by Gasteiger charge is -2.23. The summed E-state index contributed by atoms with van der Waals surface area (Å²) in [6, 6.07) is 2.52. The van der Waals surface area contributed by atoms with Crippen molar-refractivity contribution in [1.29, 1.82) is 0 Å². The summed E-state index contributed by atoms with van der Waals surface area (Å²) in [5.74, 6) is -2.36. The van der Waals surface area contributed by atoms with Gasteiger partial charge in [0.2, 0.25) is 6.08 Å². The molecule has 1 aliphatic heterocycles. The van der Waals surface area contributed by atoms with Gasteiger partial charge in [-0.05, 0) is 12.1 Å². The molecule has 0 fully saturated rings. The standard InChI is InChI=1S/C12H11F2NO3/c1-12(13,14)9-4-8(6-15-7-16)11-10(5-9)17-2-3-18-11/h4-5H,2-3,6H2,1H3. The van der Waals surface area contributed by atoms with E-state index in [-0.39, 0.29) is 17.9 Å². The Balaban J connectivity index is 2.50. The topological polar surface area (TPSA) is 47.9 Å². The monoisotopic (exact) mass is 255 g/mol. The molecule has 0 atom stereocenters. The Bertz CT molecular complexity index is 505. The number of ether oxygens (including phenoxy) is 2. The highest BCUT2D eigenvalue weighted by atomic mass is 19.3. The van der Waals surface area contributed by atoms with Gasteiger partial charge < -0.3 is 9.47 Å². The molecule has 0 radical (unpaired) electrons. The molecule has 0 unspecified atom stereocenters. The second kappa shape index (κ2) is 4.74. The summed E-state index contributed by atoms with van der Waals surface area (Å²) in [6.45, 7) is 1.39. The highest BCUT2D eigenvalue weighted by Gasteiger charge is 2.28. The predicted octanol–water partition coefficient (Wildman–Crippen LogP) is 2.41. The molecule has 6 heteroatoms. The Morgan fingerprint density at radius 3 is 2.78 bits per heavy atom. The van der Waals surface area contributed by atoms with Crippen LogP contribution in [0, 0.1) is 0 Å². The molecule has 1 aromatic carbocycles. The summed E-state index contributed by atoms with van der Waals surface area (Å²) in [6.07, 6.45) is 1.37. The van der Waals surface area contributed by atoms with Crippen molar-refractivity contribution in [2.24, 2.45) is 4.99 Å². The average Bonchev–Trinajstić information content (AvgIpc) is 2.34. The van der Waals surface area contributed by atoms with Crippen LogP contribution in [-0.2, 0) is 17.3 Å². The van der Waals surface area contributed by atoms with Crippen molar-refractivity contribution in [2.45, 2.75) is 19.4 Å². The Kier molecular flexibility index (Phi) is 3.30. The fourth-order valence-electron chi connectivity index (χ4n) is 1.71. The Hall–Kier alpha value is -1.94. The molecule has 0 saturated heterocycles. The molecule has 2 rings (SSSR count). The number of carbonyl (C=O) groups excluding carboxylic acids is 1. The lowest BCUT2D eigenvalue weighted by molar-refractivity contribution is 0.0168. The molecule has 18 heavy (non-hydrogen) atoms. The summed E-state index contributed by atoms with van der Waals surface area (Å²) in [5.41, 5.74) is 0.204. The van der Waals surface area contributed by atoms with Crippen molar-refractivity contribution in [3.05, 3.63) is 23.3 Å². The van der Waals surface area contributed by atoms with Crippen LogP contribution in [0.4, 0.5) is 8.78 Å². The molecule has 1 aliphatic rings. The van der Waals surface area contributed by atoms with Gasteiger partial charge in [0.15, 0.2) is 11.5 Å². The predicted molar refractivity (Wildman–Crippen MR) is 58.8 cm³/mol. The molecule has 0 saturated carbocycles. The van der Waals surface area contributed by atoms with Gasteiger partial charge in [-0.1, -0.05) is 0 Å². The minimum absolute atomic E-state index is 0.0564. The van der Waals surface area contributed by atoms with Crippen LogP contribution < -0.4 is 9.47 Å². The van der Waals surface area contributed by atoms with Gasteiger partial charge in [-0.3, -0.25) is 0 Å². The van der Waals surface area contributed by atoms with E-state index in [9.17, 15) is 13.6 Å². The van der Waals surface area contributed by atoms with Crippen LogP contribution >= 0.6 is 0 Å². The van der Waals surface area contributed by atoms with Crippen LogP contribution in [0.3, 0.4) is 0 Å². The van der Waals surface area contributed by atoms with Gasteiger partial charge in [-0.15, -0.1) is 0 Å². The number of isocyanates is 1. The lowest BCUT2D eigenvalue weighted by Crippen LogP contribution is -2.18. The third kappa shape index (κ3) is 2.49. The van der Waals surface area contributed by atoms with E-state index in [0.717, 1.165) is 6.92 Å². The molecule has 0 aliphatic carbocycles. The maximum Gasteiger partial charge on any atom is 0.270 e. The summed E-state index contributed by atoms with van der Waals surface area (Å²) < 4.78 is 37.3. The number of nitrogens with zero attached hydrogens (tertiary/aromatic N) is 1. The third-order valence-electron chi connectivity index (χ3n) is 2.54. The molecule has 4 nitrogen and oxygen atoms in total. The molecule has 1 heterocycles. The molecule has 0 N–H and O–H groups in total. The van der Waals surface area contributed by atoms with Crippen molar-refractivity contribution in [3.63, 3.8) is 0 Å². The van der Waals surface area contributed by atoms with Crippen molar-refractivity contribution < 1.29 is 23.0 Å². The maximum absolute atomic E-state index is 13.3. The van der Waals surface area contributed by atoms with E-state index in [1.54, 1.807) is 0 Å². The van der Waals surface area contributed by atoms with E-state index >= 15 is 0 Å². The molecule has 0 spiro atoms. The number of hydrogen-bond acceptors (Lipinski definition) is 4. The van der Waals surface area contributed by atoms with Crippen LogP contribution in [0.2, 0.25) is 0 Å². The maximum atomic E-state index is 13.3. The van der Waals surface area contributed by atoms with E-state index in [1.165, 1.54) is 18.2 Å². The van der Waals surface area contributed by atoms with Crippen LogP contribution in [0.5, 0.6) is 11.5 Å². The molecule has 1 aromatic rings. The minimum Gasteiger partial charge on any atom is -0.486 e. The van der Waals surface area contributed by atoms with Crippen molar-refractivity contribution in [1.82, 2.24) is 0 Å². The molecule has 96 valence electrons. The zero-order valence-corrected chi connectivity index (χ0v) is 9.70. The SMILES string of the molecule is CC(F)(F)c1cc(CN=C=O)c2c(c1)OCCO2. The molecular weight excluding hydrogens is 244 g/mol. The first kappa shape index (κ1) is 12.5. The Morgan fingerprint density at radius 1 is 1.39 bits per heavy atom. The van der Waals surface area contributed by atoms with Crippen LogP contribution in [-0.4, -0.2) is 19.3 Å². The summed E-state index contributed by atoms with van der Waals surface area (Å²) in [4.78, 5) is 13.5. The smallest absolute Gasteiger partial charge is 0.270 e. The van der Waals surface area contributed by atoms with E-state index < -0.39 is 5.92 Å². The van der Waals surface area contributed by atoms with Crippen LogP contribution in [0.15, 0.2) is 17.1 Å². The quantitative estimate of drug-likeness (QED) is 0.615. The number of halogens is 2. The normalized spacial score (nSPS) is 13.9. The number of aliphatic imine (C=N–C) groups is 1. The fraction of sp³-hybridized carbons (Fsp3) is 0.417. The zero-order valence-electron chi connectivity index (χ0n) is 9.70. The second-order valence-electron chi connectivity index (χ2n) is 3.96. The van der Waals surface area contributed by atoms with Crippen molar-refractivity contribution in [3.8, 4) is 11.5 Å². The minimum atomic E-state index is -2.99. The van der Waals surface area contributed by atoms with E-state index in [2.05, 4.69) is 4.99 Å². The van der Waals surface area contributed by atoms with Gasteiger partial charge in [-0.25, -0.2) is 18.6 Å². The van der Waals surface area contributed by atoms with Crippen molar-refractivity contribution in [2.75, 3.05) is 13.2 Å². The van der Waals surface area contributed by atoms with Crippen LogP contribution in [0.1, 0.15) is 18.1 Å². The fourth-order valence-corrected chi connectivity index (χ4v) is 1.71. The average molecular weight is 255 g/mol. The van der Waals surface area contributed by atoms with E-state index in [1.807, 2.05) is 0 Å². The van der Waals surface area contributed by atoms with Gasteiger partial charge in [0.1, 0.15) is 13.2 Å². The lowest BCUT2D eigenvalue weighted by atomic mass is 10.0. The molecule has 0 aromatic heterocycles. The summed E-state index contributed by atoms with van der Waals surface area (Å²) >= 11 is 0. The summed E-state index contributed by atoms with van der Waals surface area (Å²) in [5, 5.41) is 0. The van der Waals surface area contributed by atoms with E-state index in [0.29, 0.717) is 24.5 Å². The number of alkyl halides is 2. The first-order valence-electron chi connectivity index (χ1n) is 5.37. The molecule has 0 bridgehead atoms. The largest absolute Gasteiger partial charge is 0.486 e. The second-order valence-corrected chi connectivity index (χ2v) is 3.96. The van der Waals surface area contributed by atoms with Crippen molar-refractivity contribution >= 4 is 6.08 Å². The molecule has 0 amide bonds. The number of rotatable bonds is 3. The zero-order chi connectivity index (χ0) is 13.2. The third-order valence-corrected chi connectivity index (χ3v) is 2.54. The van der Waals surface area contributed by atoms with Gasteiger partial charge in [0.05, 0.1) is 6.54 Å². The number of benzene rings is 1. The van der Waals surface area contributed by atoms with E-state index in [4.69, 9.17) is 9.47 Å². The number of hydrogen-bond donors (Lipinski definition) is 0. The Labute approximate surface area is 102 Å². The molecular formula is C12H11F2NO3. The first-order valence-corrected chi connectivity index (χ1v) is 5.37.